The number of rotatable bonds is 7. The van der Waals surface area contributed by atoms with E-state index in [2.05, 4.69) is 15.4 Å². The van der Waals surface area contributed by atoms with Gasteiger partial charge in [-0.15, -0.1) is 0 Å². The highest BCUT2D eigenvalue weighted by atomic mass is 35.5. The van der Waals surface area contributed by atoms with Crippen LogP contribution in [0.15, 0.2) is 34.4 Å². The number of nitrogens with one attached hydrogen (secondary N) is 1. The Kier molecular flexibility index (Phi) is 8.63. The van der Waals surface area contributed by atoms with E-state index in [-0.39, 0.29) is 0 Å². The van der Waals surface area contributed by atoms with Crippen LogP contribution in [0.3, 0.4) is 0 Å². The molecule has 0 saturated carbocycles. The van der Waals surface area contributed by atoms with Crippen LogP contribution in [0.4, 0.5) is 18.9 Å². The summed E-state index contributed by atoms with van der Waals surface area (Å²) in [5.41, 5.74) is 1.60. The zero-order chi connectivity index (χ0) is 22.3. The van der Waals surface area contributed by atoms with Crippen molar-refractivity contribution in [3.05, 3.63) is 34.3 Å². The molecule has 1 heterocycles. The van der Waals surface area contributed by atoms with Gasteiger partial charge in [-0.3, -0.25) is 4.79 Å². The van der Waals surface area contributed by atoms with Crippen LogP contribution < -0.4 is 15.1 Å². The minimum Gasteiger partial charge on any atom is -0.495 e. The van der Waals surface area contributed by atoms with Gasteiger partial charge in [-0.05, 0) is 18.2 Å². The number of allylic oxidation sites excluding steroid dienone is 1. The Bertz CT molecular complexity index is 810. The number of amides is 1. The van der Waals surface area contributed by atoms with Gasteiger partial charge in [-0.1, -0.05) is 23.2 Å². The van der Waals surface area contributed by atoms with Crippen molar-refractivity contribution < 1.29 is 27.8 Å². The van der Waals surface area contributed by atoms with Gasteiger partial charge in [-0.2, -0.15) is 18.3 Å². The Labute approximate surface area is 181 Å². The molecule has 0 atom stereocenters. The van der Waals surface area contributed by atoms with Gasteiger partial charge in [0, 0.05) is 37.9 Å². The molecular weight excluding hydrogens is 448 g/mol. The number of hydrazone groups is 1. The molecule has 0 aliphatic carbocycles. The summed E-state index contributed by atoms with van der Waals surface area (Å²) in [6.45, 7) is 0.782. The summed E-state index contributed by atoms with van der Waals surface area (Å²) in [6.07, 6.45) is -4.06. The predicted molar refractivity (Wildman–Crippen MR) is 109 cm³/mol. The van der Waals surface area contributed by atoms with Gasteiger partial charge >= 0.3 is 6.18 Å². The van der Waals surface area contributed by atoms with E-state index >= 15 is 0 Å². The van der Waals surface area contributed by atoms with Gasteiger partial charge in [0.25, 0.3) is 0 Å². The number of hydrogen-bond donors (Lipinski definition) is 2. The van der Waals surface area contributed by atoms with Gasteiger partial charge < -0.3 is 25.1 Å². The molecule has 2 rings (SSSR count). The fourth-order valence-electron chi connectivity index (χ4n) is 2.79. The Balaban J connectivity index is 1.92. The molecule has 1 saturated heterocycles. The van der Waals surface area contributed by atoms with Crippen molar-refractivity contribution >= 4 is 40.5 Å². The number of anilines is 1. The lowest BCUT2D eigenvalue weighted by molar-refractivity contribution is -0.130. The van der Waals surface area contributed by atoms with Crippen LogP contribution in [0.1, 0.15) is 0 Å². The van der Waals surface area contributed by atoms with Crippen LogP contribution in [0, 0.1) is 0 Å². The summed E-state index contributed by atoms with van der Waals surface area (Å²) in [5.74, 6) is 0.153. The van der Waals surface area contributed by atoms with Crippen LogP contribution >= 0.6 is 23.2 Å². The van der Waals surface area contributed by atoms with E-state index in [1.165, 1.54) is 12.0 Å². The Morgan fingerprint density at radius 1 is 1.33 bits per heavy atom. The molecule has 0 unspecified atom stereocenters. The lowest BCUT2D eigenvalue weighted by atomic mass is 10.2. The van der Waals surface area contributed by atoms with E-state index in [0.717, 1.165) is 11.8 Å². The van der Waals surface area contributed by atoms with Crippen molar-refractivity contribution in [2.45, 2.75) is 6.18 Å². The van der Waals surface area contributed by atoms with Gasteiger partial charge in [0.2, 0.25) is 5.91 Å². The van der Waals surface area contributed by atoms with E-state index < -0.39 is 36.0 Å². The number of aliphatic hydroxyl groups excluding tert-OH is 1. The van der Waals surface area contributed by atoms with Gasteiger partial charge in [0.05, 0.1) is 23.8 Å². The standard InChI is InChI=1S/C18H21Cl2F3N4O3/c1-30-15-10-12(2-3-13(15)19)26-5-7-27(8-6-26)16(29)11-24-25-17(18(21,22)23)14(20)4-9-28/h2-4,10,24,28H,5-9,11H2,1H3/b14-4-,25-17+. The number of piperazine rings is 1. The number of methoxy groups -OCH3 is 1. The molecule has 1 amide bonds. The zero-order valence-corrected chi connectivity index (χ0v) is 17.6. The molecule has 2 N–H and O–H groups in total. The Morgan fingerprint density at radius 2 is 2.00 bits per heavy atom. The van der Waals surface area contributed by atoms with Crippen molar-refractivity contribution in [2.75, 3.05) is 51.3 Å². The largest absolute Gasteiger partial charge is 0.495 e. The van der Waals surface area contributed by atoms with Gasteiger partial charge in [0.1, 0.15) is 12.3 Å². The third-order valence-electron chi connectivity index (χ3n) is 4.32. The van der Waals surface area contributed by atoms with Crippen molar-refractivity contribution in [3.8, 4) is 5.75 Å². The maximum atomic E-state index is 13.0. The first-order valence-corrected chi connectivity index (χ1v) is 9.63. The average Bonchev–Trinajstić information content (AvgIpc) is 2.70. The number of hydrogen-bond acceptors (Lipinski definition) is 6. The molecule has 1 aromatic rings. The maximum Gasteiger partial charge on any atom is 0.436 e. The number of halogens is 5. The molecule has 1 fully saturated rings. The molecule has 0 bridgehead atoms. The second kappa shape index (κ2) is 10.7. The average molecular weight is 469 g/mol. The first-order chi connectivity index (χ1) is 14.2. The van der Waals surface area contributed by atoms with Crippen molar-refractivity contribution in [1.29, 1.82) is 0 Å². The number of nitrogens with zero attached hydrogens (tertiary/aromatic N) is 3. The molecule has 12 heteroatoms. The number of carbonyl (C=O) groups is 1. The highest BCUT2D eigenvalue weighted by molar-refractivity contribution is 6.44. The summed E-state index contributed by atoms with van der Waals surface area (Å²) in [4.78, 5) is 15.9. The molecule has 166 valence electrons. The monoisotopic (exact) mass is 468 g/mol. The van der Waals surface area contributed by atoms with Crippen LogP contribution in [0.5, 0.6) is 5.75 Å². The minimum atomic E-state index is -4.83. The third-order valence-corrected chi connectivity index (χ3v) is 4.96. The fourth-order valence-corrected chi connectivity index (χ4v) is 3.20. The van der Waals surface area contributed by atoms with Gasteiger partial charge in [0.15, 0.2) is 5.71 Å². The third kappa shape index (κ3) is 6.41. The van der Waals surface area contributed by atoms with Crippen LogP contribution in [-0.2, 0) is 4.79 Å². The smallest absolute Gasteiger partial charge is 0.436 e. The van der Waals surface area contributed by atoms with Crippen LogP contribution in [0.25, 0.3) is 0 Å². The SMILES string of the molecule is COc1cc(N2CCN(C(=O)CN/N=C(\C(Cl)=C\CO)C(F)(F)F)CC2)ccc1Cl. The van der Waals surface area contributed by atoms with Crippen molar-refractivity contribution in [3.63, 3.8) is 0 Å². The molecule has 1 aliphatic rings. The highest BCUT2D eigenvalue weighted by Crippen LogP contribution is 2.30. The summed E-state index contributed by atoms with van der Waals surface area (Å²) < 4.78 is 44.1. The number of aliphatic hydroxyl groups is 1. The van der Waals surface area contributed by atoms with Crippen LogP contribution in [-0.4, -0.2) is 74.2 Å². The number of alkyl halides is 3. The molecule has 30 heavy (non-hydrogen) atoms. The summed E-state index contributed by atoms with van der Waals surface area (Å²) in [6, 6.07) is 5.38. The first kappa shape index (κ1) is 24.1. The zero-order valence-electron chi connectivity index (χ0n) is 16.0. The van der Waals surface area contributed by atoms with Crippen LogP contribution in [0.2, 0.25) is 5.02 Å². The molecule has 1 aromatic carbocycles. The predicted octanol–water partition coefficient (Wildman–Crippen LogP) is 2.62. The summed E-state index contributed by atoms with van der Waals surface area (Å²) >= 11 is 11.5. The second-order valence-electron chi connectivity index (χ2n) is 6.21. The lowest BCUT2D eigenvalue weighted by Gasteiger charge is -2.36. The van der Waals surface area contributed by atoms with E-state index in [0.29, 0.717) is 37.0 Å². The highest BCUT2D eigenvalue weighted by Gasteiger charge is 2.38. The maximum absolute atomic E-state index is 13.0. The topological polar surface area (TPSA) is 77.4 Å². The molecule has 0 aromatic heterocycles. The molecular formula is C18H21Cl2F3N4O3. The molecule has 7 nitrogen and oxygen atoms in total. The Morgan fingerprint density at radius 3 is 2.57 bits per heavy atom. The minimum absolute atomic E-state index is 0.393. The second-order valence-corrected chi connectivity index (χ2v) is 7.03. The summed E-state index contributed by atoms with van der Waals surface area (Å²) in [5, 5.41) is 11.6. The molecule has 0 radical (unpaired) electrons. The van der Waals surface area contributed by atoms with E-state index in [9.17, 15) is 18.0 Å². The lowest BCUT2D eigenvalue weighted by Crippen LogP contribution is -2.50. The quantitative estimate of drug-likeness (QED) is 0.475. The van der Waals surface area contributed by atoms with E-state index in [1.807, 2.05) is 6.07 Å². The molecule has 0 spiro atoms. The normalized spacial score (nSPS) is 16.0. The van der Waals surface area contributed by atoms with E-state index in [4.69, 9.17) is 33.0 Å². The molecule has 1 aliphatic heterocycles. The number of carbonyl (C=O) groups excluding carboxylic acids is 1. The number of benzene rings is 1. The number of ether oxygens (including phenoxy) is 1. The van der Waals surface area contributed by atoms with Crippen molar-refractivity contribution in [1.82, 2.24) is 10.3 Å². The van der Waals surface area contributed by atoms with Crippen molar-refractivity contribution in [2.24, 2.45) is 5.10 Å². The Hall–Kier alpha value is -2.17. The summed E-state index contributed by atoms with van der Waals surface area (Å²) in [7, 11) is 1.52. The van der Waals surface area contributed by atoms with E-state index in [1.54, 1.807) is 12.1 Å². The first-order valence-electron chi connectivity index (χ1n) is 8.88. The van der Waals surface area contributed by atoms with Gasteiger partial charge in [-0.25, -0.2) is 0 Å². The fraction of sp³-hybridized carbons (Fsp3) is 0.444.